The molecule has 0 saturated heterocycles. The van der Waals surface area contributed by atoms with Gasteiger partial charge in [-0.15, -0.1) is 0 Å². The van der Waals surface area contributed by atoms with Gasteiger partial charge in [-0.05, 0) is 0 Å². The van der Waals surface area contributed by atoms with Gasteiger partial charge in [0.05, 0.1) is 0 Å². The number of hydrogen-bond donors (Lipinski definition) is 0. The summed E-state index contributed by atoms with van der Waals surface area (Å²) < 4.78 is 3.00. The average Bonchev–Trinajstić information content (AvgIpc) is 3.14. The van der Waals surface area contributed by atoms with E-state index in [1.54, 1.807) is 0 Å². The normalized spacial score (nSPS) is 22.4. The molecule has 0 aromatic heterocycles. The fourth-order valence-electron chi connectivity index (χ4n) is 5.33. The molecule has 0 fully saturated rings. The number of benzene rings is 2. The summed E-state index contributed by atoms with van der Waals surface area (Å²) in [5.41, 5.74) is 8.14. The molecule has 6 heteroatoms. The van der Waals surface area contributed by atoms with Gasteiger partial charge in [0, 0.05) is 0 Å². The minimum atomic E-state index is -4.37. The summed E-state index contributed by atoms with van der Waals surface area (Å²) in [6.45, 7) is 9.28. The SMILES string of the molecule is CC1=Cc2c(I)cccc2[CH]1[Zr]([Cl])([Cl])([CH]1C(C)=Cc2c(I)cccc21)[SiH](C)C. The Morgan fingerprint density at radius 3 is 1.54 bits per heavy atom. The minimum absolute atomic E-state index is 0.207. The molecule has 0 saturated carbocycles. The van der Waals surface area contributed by atoms with Gasteiger partial charge in [-0.2, -0.15) is 0 Å². The number of halogens is 4. The topological polar surface area (TPSA) is 0 Å². The van der Waals surface area contributed by atoms with E-state index in [9.17, 15) is 0 Å². The van der Waals surface area contributed by atoms with Gasteiger partial charge in [0.25, 0.3) is 0 Å². The van der Waals surface area contributed by atoms with Crippen LogP contribution in [-0.2, 0) is 15.6 Å². The zero-order valence-corrected chi connectivity index (χ0v) is 25.8. The van der Waals surface area contributed by atoms with Gasteiger partial charge in [0.15, 0.2) is 0 Å². The Hall–Kier alpha value is 1.06. The Balaban J connectivity index is 2.01. The summed E-state index contributed by atoms with van der Waals surface area (Å²) in [7, 11) is 16.1. The summed E-state index contributed by atoms with van der Waals surface area (Å²) in [4.78, 5) is 0. The first-order chi connectivity index (χ1) is 13.1. The second-order valence-electron chi connectivity index (χ2n) is 8.51. The fourth-order valence-corrected chi connectivity index (χ4v) is 39.6. The van der Waals surface area contributed by atoms with Crippen molar-refractivity contribution in [2.45, 2.75) is 34.2 Å². The number of hydrogen-bond acceptors (Lipinski definition) is 0. The van der Waals surface area contributed by atoms with Crippen LogP contribution in [0.3, 0.4) is 0 Å². The molecule has 2 atom stereocenters. The molecule has 4 rings (SSSR count). The third-order valence-corrected chi connectivity index (χ3v) is 60.8. The molecule has 28 heavy (non-hydrogen) atoms. The van der Waals surface area contributed by atoms with Crippen LogP contribution in [0.15, 0.2) is 47.5 Å². The van der Waals surface area contributed by atoms with E-state index in [-0.39, 0.29) is 7.25 Å². The van der Waals surface area contributed by atoms with Crippen LogP contribution in [0.1, 0.15) is 43.4 Å². The van der Waals surface area contributed by atoms with Crippen molar-refractivity contribution in [3.63, 3.8) is 0 Å². The van der Waals surface area contributed by atoms with E-state index in [0.717, 1.165) is 0 Å². The maximum absolute atomic E-state index is 8.04. The van der Waals surface area contributed by atoms with Crippen molar-refractivity contribution in [1.82, 2.24) is 0 Å². The quantitative estimate of drug-likeness (QED) is 0.220. The van der Waals surface area contributed by atoms with E-state index < -0.39 is 21.5 Å². The van der Waals surface area contributed by atoms with Crippen LogP contribution in [0.2, 0.25) is 13.1 Å². The molecular formula is C22H23Cl2I2SiZr. The molecule has 2 aliphatic carbocycles. The second kappa shape index (κ2) is 7.58. The molecule has 2 aliphatic rings. The van der Waals surface area contributed by atoms with Gasteiger partial charge in [-0.3, -0.25) is 0 Å². The van der Waals surface area contributed by atoms with Gasteiger partial charge in [0.1, 0.15) is 0 Å². The van der Waals surface area contributed by atoms with Crippen molar-refractivity contribution in [2.24, 2.45) is 0 Å². The van der Waals surface area contributed by atoms with Crippen LogP contribution in [0.4, 0.5) is 0 Å². The number of fused-ring (bicyclic) bond motifs is 2. The van der Waals surface area contributed by atoms with Crippen molar-refractivity contribution in [2.75, 3.05) is 0 Å². The molecule has 0 aliphatic heterocycles. The van der Waals surface area contributed by atoms with Crippen LogP contribution in [0.5, 0.6) is 0 Å². The summed E-state index contributed by atoms with van der Waals surface area (Å²) in [6, 6.07) is 13.2. The summed E-state index contributed by atoms with van der Waals surface area (Å²) in [6.07, 6.45) is 4.70. The van der Waals surface area contributed by atoms with Crippen LogP contribution in [0, 0.1) is 7.14 Å². The van der Waals surface area contributed by atoms with Crippen molar-refractivity contribution in [1.29, 1.82) is 0 Å². The average molecular weight is 731 g/mol. The standard InChI is InChI=1S/2C10H8I.C2H7Si.2ClH.Zr/c2*1-7-5-8-3-2-4-10(11)9(8)6-7;1-3-2;;;/h2*2-6H,1H3;3H,1-2H3;2*1H;/q;;;;;+2/p-2. The summed E-state index contributed by atoms with van der Waals surface area (Å²) in [5.74, 6) is -1.39. The first-order valence-corrected chi connectivity index (χ1v) is 28.0. The van der Waals surface area contributed by atoms with Crippen molar-refractivity contribution >= 4 is 80.3 Å². The molecular weight excluding hydrogens is 708 g/mol. The Morgan fingerprint density at radius 2 is 1.18 bits per heavy atom. The Labute approximate surface area is 204 Å². The van der Waals surface area contributed by atoms with E-state index in [2.05, 4.69) is 121 Å². The zero-order valence-electron chi connectivity index (χ0n) is 16.4. The van der Waals surface area contributed by atoms with Crippen molar-refractivity contribution in [3.05, 3.63) is 76.9 Å². The molecule has 147 valence electrons. The van der Waals surface area contributed by atoms with E-state index >= 15 is 0 Å². The van der Waals surface area contributed by atoms with Crippen LogP contribution >= 0.6 is 62.2 Å². The Morgan fingerprint density at radius 1 is 0.786 bits per heavy atom. The molecule has 0 radical (unpaired) electrons. The number of rotatable bonds is 3. The molecule has 2 aromatic rings. The predicted octanol–water partition coefficient (Wildman–Crippen LogP) is 8.49. The molecule has 2 unspecified atom stereocenters. The molecule has 0 spiro atoms. The predicted molar refractivity (Wildman–Crippen MR) is 142 cm³/mol. The maximum atomic E-state index is 8.04. The van der Waals surface area contributed by atoms with E-state index in [1.165, 1.54) is 40.5 Å². The Bertz CT molecular complexity index is 981. The molecule has 0 bridgehead atoms. The number of allylic oxidation sites excluding steroid dienone is 2. The van der Waals surface area contributed by atoms with Crippen LogP contribution in [-0.4, -0.2) is 5.92 Å². The molecule has 0 N–H and O–H groups in total. The van der Waals surface area contributed by atoms with Gasteiger partial charge in [-0.25, -0.2) is 0 Å². The molecule has 0 nitrogen and oxygen atoms in total. The van der Waals surface area contributed by atoms with Gasteiger partial charge >= 0.3 is 207 Å². The van der Waals surface area contributed by atoms with Gasteiger partial charge in [-0.1, -0.05) is 0 Å². The second-order valence-corrected chi connectivity index (χ2v) is 53.3. The van der Waals surface area contributed by atoms with Crippen LogP contribution < -0.4 is 0 Å². The first-order valence-electron chi connectivity index (χ1n) is 9.57. The third-order valence-electron chi connectivity index (χ3n) is 6.66. The fraction of sp³-hybridized carbons (Fsp3) is 0.273. The summed E-state index contributed by atoms with van der Waals surface area (Å²) in [5, 5.41) is 0. The van der Waals surface area contributed by atoms with E-state index in [1.807, 2.05) is 0 Å². The first kappa shape index (κ1) is 22.3. The zero-order chi connectivity index (χ0) is 20.5. The van der Waals surface area contributed by atoms with E-state index in [4.69, 9.17) is 17.0 Å². The molecule has 0 heterocycles. The monoisotopic (exact) mass is 729 g/mol. The van der Waals surface area contributed by atoms with Crippen molar-refractivity contribution < 1.29 is 15.6 Å². The van der Waals surface area contributed by atoms with E-state index in [0.29, 0.717) is 0 Å². The summed E-state index contributed by atoms with van der Waals surface area (Å²) >= 11 is 0.517. The van der Waals surface area contributed by atoms with Crippen LogP contribution in [0.25, 0.3) is 12.2 Å². The Kier molecular flexibility index (Phi) is 6.03. The molecule has 2 aromatic carbocycles. The van der Waals surface area contributed by atoms with Crippen molar-refractivity contribution in [3.8, 4) is 0 Å². The van der Waals surface area contributed by atoms with Gasteiger partial charge < -0.3 is 0 Å². The molecule has 0 amide bonds. The third kappa shape index (κ3) is 3.09. The van der Waals surface area contributed by atoms with Gasteiger partial charge in [0.2, 0.25) is 0 Å².